The number of rotatable bonds is 3. The van der Waals surface area contributed by atoms with Gasteiger partial charge in [-0.3, -0.25) is 4.79 Å². The van der Waals surface area contributed by atoms with E-state index in [0.717, 1.165) is 24.4 Å². The summed E-state index contributed by atoms with van der Waals surface area (Å²) >= 11 is 1.42. The van der Waals surface area contributed by atoms with Gasteiger partial charge in [-0.05, 0) is 38.3 Å². The largest absolute Gasteiger partial charge is 0.397 e. The van der Waals surface area contributed by atoms with Crippen molar-refractivity contribution in [1.82, 2.24) is 9.88 Å². The van der Waals surface area contributed by atoms with E-state index in [1.165, 1.54) is 18.2 Å². The number of nitrogens with two attached hydrogens (primary N) is 1. The minimum absolute atomic E-state index is 0.192. The summed E-state index contributed by atoms with van der Waals surface area (Å²) in [7, 11) is 0. The van der Waals surface area contributed by atoms with E-state index in [-0.39, 0.29) is 5.91 Å². The minimum atomic E-state index is 0.192. The highest BCUT2D eigenvalue weighted by atomic mass is 32.2. The van der Waals surface area contributed by atoms with Crippen molar-refractivity contribution in [3.8, 4) is 0 Å². The lowest BCUT2D eigenvalue weighted by Gasteiger charge is -2.33. The van der Waals surface area contributed by atoms with Gasteiger partial charge in [0.25, 0.3) is 0 Å². The molecule has 1 aliphatic rings. The van der Waals surface area contributed by atoms with Crippen molar-refractivity contribution in [1.29, 1.82) is 0 Å². The third-order valence-electron chi connectivity index (χ3n) is 3.26. The highest BCUT2D eigenvalue weighted by molar-refractivity contribution is 8.00. The summed E-state index contributed by atoms with van der Waals surface area (Å²) < 4.78 is 0. The first-order valence-corrected chi connectivity index (χ1v) is 7.30. The maximum Gasteiger partial charge on any atom is 0.233 e. The van der Waals surface area contributed by atoms with Crippen LogP contribution >= 0.6 is 11.8 Å². The lowest BCUT2D eigenvalue weighted by molar-refractivity contribution is -0.131. The van der Waals surface area contributed by atoms with Crippen LogP contribution in [-0.4, -0.2) is 34.1 Å². The number of piperidine rings is 1. The molecule has 2 rings (SSSR count). The average molecular weight is 265 g/mol. The van der Waals surface area contributed by atoms with Crippen LogP contribution in [0.5, 0.6) is 0 Å². The summed E-state index contributed by atoms with van der Waals surface area (Å²) in [5, 5.41) is 0.746. The van der Waals surface area contributed by atoms with Crippen LogP contribution in [0.25, 0.3) is 0 Å². The number of hydrogen-bond donors (Lipinski definition) is 1. The molecule has 0 radical (unpaired) electrons. The van der Waals surface area contributed by atoms with Crippen LogP contribution in [0.15, 0.2) is 23.4 Å². The fourth-order valence-corrected chi connectivity index (χ4v) is 3.00. The number of aromatic nitrogens is 1. The van der Waals surface area contributed by atoms with E-state index in [1.54, 1.807) is 12.3 Å². The average Bonchev–Trinajstić information content (AvgIpc) is 2.38. The number of hydrogen-bond acceptors (Lipinski definition) is 4. The zero-order valence-electron chi connectivity index (χ0n) is 10.6. The van der Waals surface area contributed by atoms with E-state index in [2.05, 4.69) is 11.9 Å². The van der Waals surface area contributed by atoms with Gasteiger partial charge in [0.15, 0.2) is 0 Å². The normalized spacial score (nSPS) is 19.8. The molecule has 0 aliphatic carbocycles. The molecule has 1 saturated heterocycles. The second kappa shape index (κ2) is 6.09. The minimum Gasteiger partial charge on any atom is -0.397 e. The molecule has 5 heteroatoms. The zero-order valence-corrected chi connectivity index (χ0v) is 11.4. The first-order chi connectivity index (χ1) is 8.68. The van der Waals surface area contributed by atoms with Crippen LogP contribution in [0.1, 0.15) is 26.2 Å². The monoisotopic (exact) mass is 265 g/mol. The van der Waals surface area contributed by atoms with E-state index in [9.17, 15) is 4.79 Å². The van der Waals surface area contributed by atoms with Crippen molar-refractivity contribution in [2.45, 2.75) is 37.3 Å². The Kier molecular flexibility index (Phi) is 4.47. The van der Waals surface area contributed by atoms with Crippen molar-refractivity contribution in [3.05, 3.63) is 18.3 Å². The van der Waals surface area contributed by atoms with E-state index in [1.807, 2.05) is 11.0 Å². The Balaban J connectivity index is 1.90. The van der Waals surface area contributed by atoms with Crippen molar-refractivity contribution in [3.63, 3.8) is 0 Å². The van der Waals surface area contributed by atoms with Crippen molar-refractivity contribution < 1.29 is 4.79 Å². The smallest absolute Gasteiger partial charge is 0.233 e. The molecule has 0 spiro atoms. The predicted octanol–water partition coefficient (Wildman–Crippen LogP) is 2.16. The predicted molar refractivity (Wildman–Crippen MR) is 74.4 cm³/mol. The van der Waals surface area contributed by atoms with Gasteiger partial charge in [-0.1, -0.05) is 11.8 Å². The number of anilines is 1. The molecule has 1 aliphatic heterocycles. The van der Waals surface area contributed by atoms with E-state index < -0.39 is 0 Å². The fraction of sp³-hybridized carbons (Fsp3) is 0.538. The van der Waals surface area contributed by atoms with Crippen LogP contribution in [0.3, 0.4) is 0 Å². The molecular weight excluding hydrogens is 246 g/mol. The van der Waals surface area contributed by atoms with Crippen molar-refractivity contribution in [2.75, 3.05) is 18.0 Å². The third kappa shape index (κ3) is 3.16. The molecule has 0 saturated carbocycles. The molecule has 0 bridgehead atoms. The first-order valence-electron chi connectivity index (χ1n) is 6.31. The molecule has 1 aromatic heterocycles. The molecule has 2 heterocycles. The Labute approximate surface area is 112 Å². The van der Waals surface area contributed by atoms with Gasteiger partial charge in [0.1, 0.15) is 5.03 Å². The number of carbonyl (C=O) groups excluding carboxylic acids is 1. The van der Waals surface area contributed by atoms with Gasteiger partial charge in [-0.15, -0.1) is 0 Å². The fourth-order valence-electron chi connectivity index (χ4n) is 2.21. The van der Waals surface area contributed by atoms with Gasteiger partial charge >= 0.3 is 0 Å². The van der Waals surface area contributed by atoms with E-state index in [0.29, 0.717) is 17.5 Å². The molecule has 2 N–H and O–H groups in total. The lowest BCUT2D eigenvalue weighted by Crippen LogP contribution is -2.42. The van der Waals surface area contributed by atoms with Crippen LogP contribution in [0.4, 0.5) is 5.69 Å². The molecule has 1 fully saturated rings. The summed E-state index contributed by atoms with van der Waals surface area (Å²) in [6.07, 6.45) is 5.16. The molecule has 0 aromatic carbocycles. The maximum atomic E-state index is 12.1. The first kappa shape index (κ1) is 13.2. The van der Waals surface area contributed by atoms with Gasteiger partial charge in [-0.25, -0.2) is 4.98 Å². The summed E-state index contributed by atoms with van der Waals surface area (Å²) in [5.74, 6) is 0.614. The molecule has 18 heavy (non-hydrogen) atoms. The van der Waals surface area contributed by atoms with Gasteiger partial charge in [0.2, 0.25) is 5.91 Å². The van der Waals surface area contributed by atoms with Crippen LogP contribution < -0.4 is 5.73 Å². The zero-order chi connectivity index (χ0) is 13.0. The Hall–Kier alpha value is -1.23. The number of likely N-dealkylation sites (tertiary alicyclic amines) is 1. The second-order valence-electron chi connectivity index (χ2n) is 4.62. The second-order valence-corrected chi connectivity index (χ2v) is 5.58. The molecule has 1 aromatic rings. The Morgan fingerprint density at radius 3 is 3.17 bits per heavy atom. The molecular formula is C13H19N3OS. The number of nitrogen functional groups attached to an aromatic ring is 1. The van der Waals surface area contributed by atoms with Crippen LogP contribution in [-0.2, 0) is 4.79 Å². The Morgan fingerprint density at radius 1 is 1.61 bits per heavy atom. The van der Waals surface area contributed by atoms with Crippen molar-refractivity contribution in [2.24, 2.45) is 0 Å². The Bertz CT molecular complexity index is 424. The van der Waals surface area contributed by atoms with Crippen LogP contribution in [0, 0.1) is 0 Å². The Morgan fingerprint density at radius 2 is 2.44 bits per heavy atom. The highest BCUT2D eigenvalue weighted by Crippen LogP contribution is 2.23. The summed E-state index contributed by atoms with van der Waals surface area (Å²) in [5.41, 5.74) is 6.45. The van der Waals surface area contributed by atoms with Crippen LogP contribution in [0.2, 0.25) is 0 Å². The molecule has 1 atom stereocenters. The van der Waals surface area contributed by atoms with E-state index >= 15 is 0 Å². The van der Waals surface area contributed by atoms with Gasteiger partial charge in [-0.2, -0.15) is 0 Å². The molecule has 4 nitrogen and oxygen atoms in total. The summed E-state index contributed by atoms with van der Waals surface area (Å²) in [6, 6.07) is 3.98. The number of nitrogens with zero attached hydrogens (tertiary/aromatic N) is 2. The number of carbonyl (C=O) groups is 1. The van der Waals surface area contributed by atoms with Crippen molar-refractivity contribution >= 4 is 23.4 Å². The summed E-state index contributed by atoms with van der Waals surface area (Å²) in [6.45, 7) is 3.01. The number of amides is 1. The SMILES string of the molecule is CC1CCCCN1C(=O)CSc1ncccc1N. The van der Waals surface area contributed by atoms with Gasteiger partial charge < -0.3 is 10.6 Å². The topological polar surface area (TPSA) is 59.2 Å². The number of pyridine rings is 1. The highest BCUT2D eigenvalue weighted by Gasteiger charge is 2.23. The number of thioether (sulfide) groups is 1. The standard InChI is InChI=1S/C13H19N3OS/c1-10-5-2-3-8-16(10)12(17)9-18-13-11(14)6-4-7-15-13/h4,6-7,10H,2-3,5,8-9,14H2,1H3. The molecule has 1 unspecified atom stereocenters. The summed E-state index contributed by atoms with van der Waals surface area (Å²) in [4.78, 5) is 18.3. The third-order valence-corrected chi connectivity index (χ3v) is 4.26. The van der Waals surface area contributed by atoms with Gasteiger partial charge in [0.05, 0.1) is 11.4 Å². The molecule has 1 amide bonds. The van der Waals surface area contributed by atoms with E-state index in [4.69, 9.17) is 5.73 Å². The van der Waals surface area contributed by atoms with Gasteiger partial charge in [0, 0.05) is 18.8 Å². The maximum absolute atomic E-state index is 12.1. The quantitative estimate of drug-likeness (QED) is 0.851. The lowest BCUT2D eigenvalue weighted by atomic mass is 10.0. The molecule has 98 valence electrons.